The van der Waals surface area contributed by atoms with Gasteiger partial charge in [0.05, 0.1) is 11.8 Å². The SMILES string of the molecule is CCS(=O)(=O)CCCN1CCCCC1C(C)=O. The van der Waals surface area contributed by atoms with Gasteiger partial charge in [-0.1, -0.05) is 13.3 Å². The minimum absolute atomic E-state index is 0.0214. The summed E-state index contributed by atoms with van der Waals surface area (Å²) in [5.41, 5.74) is 0. The molecule has 1 rings (SSSR count). The third kappa shape index (κ3) is 4.76. The molecule has 0 aromatic carbocycles. The number of nitrogens with zero attached hydrogens (tertiary/aromatic N) is 1. The Morgan fingerprint density at radius 2 is 2.06 bits per heavy atom. The first-order chi connectivity index (χ1) is 7.96. The van der Waals surface area contributed by atoms with Crippen LogP contribution in [0.25, 0.3) is 0 Å². The molecule has 0 radical (unpaired) electrons. The van der Waals surface area contributed by atoms with Gasteiger partial charge in [0.2, 0.25) is 0 Å². The molecule has 0 spiro atoms. The van der Waals surface area contributed by atoms with Crippen molar-refractivity contribution in [3.05, 3.63) is 0 Å². The van der Waals surface area contributed by atoms with E-state index in [4.69, 9.17) is 0 Å². The van der Waals surface area contributed by atoms with Gasteiger partial charge in [-0.05, 0) is 39.3 Å². The van der Waals surface area contributed by atoms with Crippen LogP contribution in [0.4, 0.5) is 0 Å². The summed E-state index contributed by atoms with van der Waals surface area (Å²) in [6, 6.07) is 0.0214. The van der Waals surface area contributed by atoms with Crippen molar-refractivity contribution in [3.8, 4) is 0 Å². The highest BCUT2D eigenvalue weighted by atomic mass is 32.2. The summed E-state index contributed by atoms with van der Waals surface area (Å²) in [7, 11) is -2.87. The van der Waals surface area contributed by atoms with Gasteiger partial charge in [-0.2, -0.15) is 0 Å². The van der Waals surface area contributed by atoms with Crippen LogP contribution in [0.1, 0.15) is 39.5 Å². The summed E-state index contributed by atoms with van der Waals surface area (Å²) in [5.74, 6) is 0.663. The highest BCUT2D eigenvalue weighted by molar-refractivity contribution is 7.91. The van der Waals surface area contributed by atoms with Crippen LogP contribution in [0.5, 0.6) is 0 Å². The molecule has 1 heterocycles. The topological polar surface area (TPSA) is 54.5 Å². The lowest BCUT2D eigenvalue weighted by molar-refractivity contribution is -0.123. The standard InChI is InChI=1S/C12H23NO3S/c1-3-17(15,16)10-6-9-13-8-5-4-7-12(13)11(2)14/h12H,3-10H2,1-2H3. The maximum absolute atomic E-state index is 11.5. The van der Waals surface area contributed by atoms with E-state index in [9.17, 15) is 13.2 Å². The highest BCUT2D eigenvalue weighted by Crippen LogP contribution is 2.18. The number of sulfone groups is 1. The summed E-state index contributed by atoms with van der Waals surface area (Å²) < 4.78 is 22.7. The monoisotopic (exact) mass is 261 g/mol. The second-order valence-corrected chi connectivity index (χ2v) is 7.22. The molecule has 1 aliphatic rings. The zero-order chi connectivity index (χ0) is 12.9. The van der Waals surface area contributed by atoms with E-state index < -0.39 is 9.84 Å². The van der Waals surface area contributed by atoms with Gasteiger partial charge in [0.15, 0.2) is 0 Å². The molecule has 0 aromatic heterocycles. The van der Waals surface area contributed by atoms with Gasteiger partial charge >= 0.3 is 0 Å². The first-order valence-corrected chi connectivity index (χ1v) is 8.23. The van der Waals surface area contributed by atoms with Crippen LogP contribution in [0.3, 0.4) is 0 Å². The lowest BCUT2D eigenvalue weighted by Crippen LogP contribution is -2.44. The maximum Gasteiger partial charge on any atom is 0.150 e. The molecule has 5 heteroatoms. The first kappa shape index (κ1) is 14.6. The number of ketones is 1. The van der Waals surface area contributed by atoms with E-state index >= 15 is 0 Å². The summed E-state index contributed by atoms with van der Waals surface area (Å²) in [4.78, 5) is 13.6. The average Bonchev–Trinajstić information content (AvgIpc) is 2.29. The first-order valence-electron chi connectivity index (χ1n) is 6.41. The fourth-order valence-electron chi connectivity index (χ4n) is 2.35. The van der Waals surface area contributed by atoms with Crippen molar-refractivity contribution in [1.29, 1.82) is 0 Å². The van der Waals surface area contributed by atoms with Gasteiger partial charge < -0.3 is 0 Å². The molecular weight excluding hydrogens is 238 g/mol. The molecule has 1 saturated heterocycles. The Morgan fingerprint density at radius 1 is 1.35 bits per heavy atom. The summed E-state index contributed by atoms with van der Waals surface area (Å²) in [6.45, 7) is 4.96. The van der Waals surface area contributed by atoms with Gasteiger partial charge in [-0.25, -0.2) is 8.42 Å². The third-order valence-corrected chi connectivity index (χ3v) is 5.21. The van der Waals surface area contributed by atoms with E-state index in [2.05, 4.69) is 4.90 Å². The number of hydrogen-bond acceptors (Lipinski definition) is 4. The van der Waals surface area contributed by atoms with Crippen LogP contribution >= 0.6 is 0 Å². The summed E-state index contributed by atoms with van der Waals surface area (Å²) in [6.07, 6.45) is 3.79. The van der Waals surface area contributed by atoms with E-state index in [1.54, 1.807) is 13.8 Å². The number of rotatable bonds is 6. The Hall–Kier alpha value is -0.420. The molecule has 1 aliphatic heterocycles. The molecule has 0 amide bonds. The fraction of sp³-hybridized carbons (Fsp3) is 0.917. The van der Waals surface area contributed by atoms with Gasteiger partial charge in [-0.3, -0.25) is 9.69 Å². The Balaban J connectivity index is 2.41. The van der Waals surface area contributed by atoms with Gasteiger partial charge in [0, 0.05) is 5.75 Å². The normalized spacial score (nSPS) is 22.6. The zero-order valence-corrected chi connectivity index (χ0v) is 11.6. The predicted octanol–water partition coefficient (Wildman–Crippen LogP) is 1.25. The quantitative estimate of drug-likeness (QED) is 0.722. The predicted molar refractivity (Wildman–Crippen MR) is 68.8 cm³/mol. The molecule has 1 atom stereocenters. The molecule has 1 fully saturated rings. The number of carbonyl (C=O) groups excluding carboxylic acids is 1. The van der Waals surface area contributed by atoms with Crippen molar-refractivity contribution in [2.24, 2.45) is 0 Å². The Morgan fingerprint density at radius 3 is 2.65 bits per heavy atom. The highest BCUT2D eigenvalue weighted by Gasteiger charge is 2.25. The molecule has 0 aliphatic carbocycles. The zero-order valence-electron chi connectivity index (χ0n) is 10.8. The van der Waals surface area contributed by atoms with Gasteiger partial charge in [0.25, 0.3) is 0 Å². The van der Waals surface area contributed by atoms with Crippen LogP contribution < -0.4 is 0 Å². The molecule has 0 bridgehead atoms. The Bertz CT molecular complexity index is 351. The van der Waals surface area contributed by atoms with Crippen molar-refractivity contribution >= 4 is 15.6 Å². The fourth-order valence-corrected chi connectivity index (χ4v) is 3.21. The number of hydrogen-bond donors (Lipinski definition) is 0. The average molecular weight is 261 g/mol. The van der Waals surface area contributed by atoms with Crippen LogP contribution in [0.2, 0.25) is 0 Å². The molecule has 0 saturated carbocycles. The number of piperidine rings is 1. The van der Waals surface area contributed by atoms with E-state index in [-0.39, 0.29) is 23.3 Å². The number of likely N-dealkylation sites (tertiary alicyclic amines) is 1. The third-order valence-electron chi connectivity index (χ3n) is 3.42. The minimum atomic E-state index is -2.87. The second-order valence-electron chi connectivity index (χ2n) is 4.75. The van der Waals surface area contributed by atoms with E-state index in [0.717, 1.165) is 32.4 Å². The van der Waals surface area contributed by atoms with Crippen LogP contribution in [0.15, 0.2) is 0 Å². The number of carbonyl (C=O) groups is 1. The summed E-state index contributed by atoms with van der Waals surface area (Å²) in [5, 5.41) is 0. The molecular formula is C12H23NO3S. The van der Waals surface area contributed by atoms with Crippen molar-refractivity contribution in [2.75, 3.05) is 24.6 Å². The molecule has 0 N–H and O–H groups in total. The minimum Gasteiger partial charge on any atom is -0.298 e. The van der Waals surface area contributed by atoms with Crippen molar-refractivity contribution in [3.63, 3.8) is 0 Å². The smallest absolute Gasteiger partial charge is 0.150 e. The van der Waals surface area contributed by atoms with Crippen molar-refractivity contribution < 1.29 is 13.2 Å². The molecule has 100 valence electrons. The van der Waals surface area contributed by atoms with Crippen LogP contribution in [-0.2, 0) is 14.6 Å². The molecule has 0 aromatic rings. The lowest BCUT2D eigenvalue weighted by atomic mass is 9.99. The molecule has 4 nitrogen and oxygen atoms in total. The van der Waals surface area contributed by atoms with E-state index in [1.165, 1.54) is 0 Å². The second kappa shape index (κ2) is 6.50. The van der Waals surface area contributed by atoms with Gasteiger partial charge in [0.1, 0.15) is 15.6 Å². The number of Topliss-reactive ketones (excluding diaryl/α,β-unsaturated/α-hetero) is 1. The maximum atomic E-state index is 11.5. The Kier molecular flexibility index (Phi) is 5.59. The van der Waals surface area contributed by atoms with E-state index in [0.29, 0.717) is 6.42 Å². The molecule has 1 unspecified atom stereocenters. The molecule has 17 heavy (non-hydrogen) atoms. The van der Waals surface area contributed by atoms with E-state index in [1.807, 2.05) is 0 Å². The lowest BCUT2D eigenvalue weighted by Gasteiger charge is -2.33. The van der Waals surface area contributed by atoms with Crippen LogP contribution in [0, 0.1) is 0 Å². The summed E-state index contributed by atoms with van der Waals surface area (Å²) >= 11 is 0. The van der Waals surface area contributed by atoms with Gasteiger partial charge in [-0.15, -0.1) is 0 Å². The van der Waals surface area contributed by atoms with Crippen molar-refractivity contribution in [2.45, 2.75) is 45.6 Å². The largest absolute Gasteiger partial charge is 0.298 e. The van der Waals surface area contributed by atoms with Crippen LogP contribution in [-0.4, -0.2) is 49.7 Å². The van der Waals surface area contributed by atoms with Crippen molar-refractivity contribution in [1.82, 2.24) is 4.90 Å². The Labute approximate surface area is 104 Å².